The van der Waals surface area contributed by atoms with Crippen LogP contribution in [-0.2, 0) is 4.79 Å². The monoisotopic (exact) mass is 262 g/mol. The first-order chi connectivity index (χ1) is 8.63. The zero-order chi connectivity index (χ0) is 12.7. The molecular formula is C13H14N2O2S. The number of carbonyl (C=O) groups excluding carboxylic acids is 2. The molecule has 2 aliphatic rings. The summed E-state index contributed by atoms with van der Waals surface area (Å²) in [6, 6.07) is 5.81. The van der Waals surface area contributed by atoms with Crippen molar-refractivity contribution in [3.63, 3.8) is 0 Å². The van der Waals surface area contributed by atoms with Crippen molar-refractivity contribution >= 4 is 29.3 Å². The number of nitrogens with one attached hydrogen (secondary N) is 2. The second-order valence-corrected chi connectivity index (χ2v) is 6.09. The summed E-state index contributed by atoms with van der Waals surface area (Å²) in [4.78, 5) is 24.5. The average molecular weight is 262 g/mol. The van der Waals surface area contributed by atoms with Crippen LogP contribution in [-0.4, -0.2) is 23.1 Å². The first-order valence-corrected chi connectivity index (χ1v) is 6.94. The molecule has 0 radical (unpaired) electrons. The van der Waals surface area contributed by atoms with Gasteiger partial charge in [0.25, 0.3) is 5.91 Å². The molecule has 2 amide bonds. The minimum Gasteiger partial charge on any atom is -0.349 e. The Morgan fingerprint density at radius 2 is 2.22 bits per heavy atom. The van der Waals surface area contributed by atoms with Crippen LogP contribution in [0.1, 0.15) is 30.1 Å². The van der Waals surface area contributed by atoms with E-state index < -0.39 is 0 Å². The van der Waals surface area contributed by atoms with Gasteiger partial charge in [-0.1, -0.05) is 0 Å². The Morgan fingerprint density at radius 3 is 2.94 bits per heavy atom. The number of hydrogen-bond donors (Lipinski definition) is 2. The van der Waals surface area contributed by atoms with E-state index in [1.165, 1.54) is 11.8 Å². The summed E-state index contributed by atoms with van der Waals surface area (Å²) >= 11 is 1.52. The highest BCUT2D eigenvalue weighted by atomic mass is 32.2. The largest absolute Gasteiger partial charge is 0.349 e. The molecule has 94 valence electrons. The Hall–Kier alpha value is -1.49. The Labute approximate surface area is 110 Å². The summed E-state index contributed by atoms with van der Waals surface area (Å²) in [5, 5.41) is 5.69. The fraction of sp³-hybridized carbons (Fsp3) is 0.385. The van der Waals surface area contributed by atoms with Crippen LogP contribution >= 0.6 is 11.8 Å². The van der Waals surface area contributed by atoms with E-state index in [0.717, 1.165) is 23.4 Å². The molecule has 5 heteroatoms. The summed E-state index contributed by atoms with van der Waals surface area (Å²) in [5.41, 5.74) is 1.35. The maximum absolute atomic E-state index is 11.9. The molecule has 1 fully saturated rings. The van der Waals surface area contributed by atoms with Gasteiger partial charge < -0.3 is 10.6 Å². The van der Waals surface area contributed by atoms with E-state index in [1.54, 1.807) is 6.07 Å². The lowest BCUT2D eigenvalue weighted by molar-refractivity contribution is -0.115. The smallest absolute Gasteiger partial charge is 0.251 e. The Balaban J connectivity index is 1.83. The first kappa shape index (κ1) is 11.6. The first-order valence-electron chi connectivity index (χ1n) is 6.06. The third-order valence-electron chi connectivity index (χ3n) is 3.09. The number of amides is 2. The maximum Gasteiger partial charge on any atom is 0.251 e. The molecule has 1 aliphatic heterocycles. The second-order valence-electron chi connectivity index (χ2n) is 4.71. The number of benzene rings is 1. The molecule has 4 nitrogen and oxygen atoms in total. The molecule has 1 aromatic rings. The van der Waals surface area contributed by atoms with Gasteiger partial charge in [-0.05, 0) is 38.0 Å². The van der Waals surface area contributed by atoms with Gasteiger partial charge in [0.1, 0.15) is 0 Å². The van der Waals surface area contributed by atoms with Crippen molar-refractivity contribution in [3.05, 3.63) is 23.8 Å². The minimum absolute atomic E-state index is 0.00717. The van der Waals surface area contributed by atoms with Crippen molar-refractivity contribution in [1.29, 1.82) is 0 Å². The molecule has 0 bridgehead atoms. The molecule has 18 heavy (non-hydrogen) atoms. The van der Waals surface area contributed by atoms with Crippen molar-refractivity contribution in [2.24, 2.45) is 0 Å². The molecule has 1 heterocycles. The van der Waals surface area contributed by atoms with Gasteiger partial charge >= 0.3 is 0 Å². The molecule has 1 atom stereocenters. The van der Waals surface area contributed by atoms with E-state index in [-0.39, 0.29) is 17.1 Å². The summed E-state index contributed by atoms with van der Waals surface area (Å²) in [6.07, 6.45) is 2.14. The van der Waals surface area contributed by atoms with E-state index in [0.29, 0.717) is 11.6 Å². The molecule has 3 rings (SSSR count). The van der Waals surface area contributed by atoms with Crippen molar-refractivity contribution in [1.82, 2.24) is 5.32 Å². The molecule has 0 aromatic heterocycles. The number of hydrogen-bond acceptors (Lipinski definition) is 3. The van der Waals surface area contributed by atoms with Gasteiger partial charge in [-0.25, -0.2) is 0 Å². The predicted molar refractivity (Wildman–Crippen MR) is 70.9 cm³/mol. The van der Waals surface area contributed by atoms with Crippen LogP contribution < -0.4 is 10.6 Å². The molecule has 0 spiro atoms. The summed E-state index contributed by atoms with van der Waals surface area (Å²) < 4.78 is 0. The number of rotatable bonds is 2. The van der Waals surface area contributed by atoms with Crippen molar-refractivity contribution < 1.29 is 9.59 Å². The zero-order valence-corrected chi connectivity index (χ0v) is 10.8. The predicted octanol–water partition coefficient (Wildman–Crippen LogP) is 2.01. The van der Waals surface area contributed by atoms with Gasteiger partial charge in [0.05, 0.1) is 10.9 Å². The van der Waals surface area contributed by atoms with E-state index in [2.05, 4.69) is 10.6 Å². The fourth-order valence-electron chi connectivity index (χ4n) is 1.85. The van der Waals surface area contributed by atoms with Crippen molar-refractivity contribution in [2.45, 2.75) is 36.0 Å². The Bertz CT molecular complexity index is 526. The van der Waals surface area contributed by atoms with Crippen LogP contribution in [0.2, 0.25) is 0 Å². The highest BCUT2D eigenvalue weighted by molar-refractivity contribution is 8.00. The number of thioether (sulfide) groups is 1. The van der Waals surface area contributed by atoms with Crippen LogP contribution in [0.4, 0.5) is 5.69 Å². The third kappa shape index (κ3) is 2.22. The van der Waals surface area contributed by atoms with Crippen LogP contribution in [0.3, 0.4) is 0 Å². The number of carbonyl (C=O) groups is 2. The highest BCUT2D eigenvalue weighted by Crippen LogP contribution is 2.36. The lowest BCUT2D eigenvalue weighted by Crippen LogP contribution is -2.28. The van der Waals surface area contributed by atoms with E-state index in [1.807, 2.05) is 19.1 Å². The average Bonchev–Trinajstić information content (AvgIpc) is 3.14. The Kier molecular flexibility index (Phi) is 2.78. The molecule has 1 saturated carbocycles. The molecule has 0 saturated heterocycles. The summed E-state index contributed by atoms with van der Waals surface area (Å²) in [6.45, 7) is 1.87. The molecule has 0 unspecified atom stereocenters. The van der Waals surface area contributed by atoms with Gasteiger partial charge in [-0.3, -0.25) is 9.59 Å². The molecular weight excluding hydrogens is 248 g/mol. The van der Waals surface area contributed by atoms with Gasteiger partial charge in [-0.2, -0.15) is 0 Å². The topological polar surface area (TPSA) is 58.2 Å². The number of anilines is 1. The maximum atomic E-state index is 11.9. The molecule has 1 aromatic carbocycles. The van der Waals surface area contributed by atoms with Gasteiger partial charge in [0, 0.05) is 16.5 Å². The lowest BCUT2D eigenvalue weighted by atomic mass is 10.1. The van der Waals surface area contributed by atoms with E-state index in [4.69, 9.17) is 0 Å². The second kappa shape index (κ2) is 4.31. The van der Waals surface area contributed by atoms with Crippen molar-refractivity contribution in [2.75, 3.05) is 5.32 Å². The highest BCUT2D eigenvalue weighted by Gasteiger charge is 2.26. The van der Waals surface area contributed by atoms with Crippen LogP contribution in [0.25, 0.3) is 0 Å². The summed E-state index contributed by atoms with van der Waals surface area (Å²) in [7, 11) is 0. The van der Waals surface area contributed by atoms with Crippen LogP contribution in [0.5, 0.6) is 0 Å². The standard InChI is InChI=1S/C13H14N2O2S/c1-7-12(16)15-10-6-8(2-5-11(10)18-7)13(17)14-9-3-4-9/h2,5-7,9H,3-4H2,1H3,(H,14,17)(H,15,16)/t7-/m0/s1. The van der Waals surface area contributed by atoms with Crippen molar-refractivity contribution in [3.8, 4) is 0 Å². The lowest BCUT2D eigenvalue weighted by Gasteiger charge is -2.21. The quantitative estimate of drug-likeness (QED) is 0.857. The summed E-state index contributed by atoms with van der Waals surface area (Å²) in [5.74, 6) is -0.0644. The van der Waals surface area contributed by atoms with E-state index >= 15 is 0 Å². The Morgan fingerprint density at radius 1 is 1.44 bits per heavy atom. The van der Waals surface area contributed by atoms with E-state index in [9.17, 15) is 9.59 Å². The van der Waals surface area contributed by atoms with Crippen LogP contribution in [0, 0.1) is 0 Å². The third-order valence-corrected chi connectivity index (χ3v) is 4.26. The normalized spacial score (nSPS) is 22.1. The van der Waals surface area contributed by atoms with Gasteiger partial charge in [-0.15, -0.1) is 11.8 Å². The minimum atomic E-state index is -0.0800. The van der Waals surface area contributed by atoms with Gasteiger partial charge in [0.2, 0.25) is 5.91 Å². The van der Waals surface area contributed by atoms with Gasteiger partial charge in [0.15, 0.2) is 0 Å². The zero-order valence-electron chi connectivity index (χ0n) is 10.0. The SMILES string of the molecule is C[C@@H]1Sc2ccc(C(=O)NC3CC3)cc2NC1=O. The van der Waals surface area contributed by atoms with Crippen LogP contribution in [0.15, 0.2) is 23.1 Å². The fourth-order valence-corrected chi connectivity index (χ4v) is 2.78. The number of fused-ring (bicyclic) bond motifs is 1. The molecule has 1 aliphatic carbocycles. The molecule has 2 N–H and O–H groups in total.